The summed E-state index contributed by atoms with van der Waals surface area (Å²) < 4.78 is 37.4. The van der Waals surface area contributed by atoms with Gasteiger partial charge in [0.25, 0.3) is 0 Å². The third-order valence-corrected chi connectivity index (χ3v) is 3.86. The van der Waals surface area contributed by atoms with Crippen LogP contribution in [0, 0.1) is 0 Å². The molecule has 1 unspecified atom stereocenters. The zero-order valence-electron chi connectivity index (χ0n) is 10.8. The number of rotatable bonds is 3. The van der Waals surface area contributed by atoms with E-state index in [1.807, 2.05) is 19.0 Å². The molecule has 0 aliphatic heterocycles. The molecular weight excluding hydrogens is 289 g/mol. The van der Waals surface area contributed by atoms with Crippen molar-refractivity contribution in [1.82, 2.24) is 4.98 Å². The summed E-state index contributed by atoms with van der Waals surface area (Å²) in [4.78, 5) is 5.37. The predicted octanol–water partition coefficient (Wildman–Crippen LogP) is 3.31. The monoisotopic (exact) mass is 302 g/mol. The highest BCUT2D eigenvalue weighted by Gasteiger charge is 2.35. The Morgan fingerprint density at radius 3 is 2.25 bits per heavy atom. The van der Waals surface area contributed by atoms with Crippen LogP contribution in [0.1, 0.15) is 21.6 Å². The molecule has 1 N–H and O–H groups in total. The Morgan fingerprint density at radius 1 is 1.20 bits per heavy atom. The lowest BCUT2D eigenvalue weighted by Gasteiger charge is -2.14. The van der Waals surface area contributed by atoms with Crippen molar-refractivity contribution < 1.29 is 18.3 Å². The fraction of sp³-hybridized carbons (Fsp3) is 0.308. The molecule has 0 amide bonds. The largest absolute Gasteiger partial charge is 0.443 e. The molecule has 0 saturated carbocycles. The van der Waals surface area contributed by atoms with Gasteiger partial charge < -0.3 is 10.0 Å². The Balaban J connectivity index is 2.22. The van der Waals surface area contributed by atoms with Crippen LogP contribution >= 0.6 is 11.3 Å². The molecule has 20 heavy (non-hydrogen) atoms. The minimum absolute atomic E-state index is 0.176. The van der Waals surface area contributed by atoms with Gasteiger partial charge in [0.2, 0.25) is 0 Å². The number of aliphatic hydroxyl groups excluding tert-OH is 1. The van der Waals surface area contributed by atoms with Crippen molar-refractivity contribution in [1.29, 1.82) is 0 Å². The fourth-order valence-electron chi connectivity index (χ4n) is 1.66. The maximum Gasteiger partial charge on any atom is 0.443 e. The van der Waals surface area contributed by atoms with Crippen LogP contribution in [-0.2, 0) is 6.18 Å². The van der Waals surface area contributed by atoms with Crippen molar-refractivity contribution in [2.24, 2.45) is 0 Å². The molecule has 3 nitrogen and oxygen atoms in total. The highest BCUT2D eigenvalue weighted by Crippen LogP contribution is 2.36. The number of nitrogens with zero attached hydrogens (tertiary/aromatic N) is 2. The van der Waals surface area contributed by atoms with Crippen molar-refractivity contribution in [2.45, 2.75) is 12.3 Å². The smallest absolute Gasteiger partial charge is 0.383 e. The van der Waals surface area contributed by atoms with Gasteiger partial charge in [0, 0.05) is 26.0 Å². The van der Waals surface area contributed by atoms with Gasteiger partial charge in [-0.05, 0) is 17.7 Å². The first-order valence-electron chi connectivity index (χ1n) is 5.77. The Hall–Kier alpha value is -1.60. The summed E-state index contributed by atoms with van der Waals surface area (Å²) in [6.45, 7) is 0. The SMILES string of the molecule is CN(C)c1ccc(C(O)c2cnc(C(F)(F)F)s2)cc1. The topological polar surface area (TPSA) is 36.4 Å². The van der Waals surface area contributed by atoms with Gasteiger partial charge in [-0.25, -0.2) is 4.98 Å². The number of thiazole rings is 1. The summed E-state index contributed by atoms with van der Waals surface area (Å²) in [5, 5.41) is 9.14. The molecule has 1 atom stereocenters. The van der Waals surface area contributed by atoms with Crippen molar-refractivity contribution in [3.63, 3.8) is 0 Å². The van der Waals surface area contributed by atoms with Gasteiger partial charge in [-0.15, -0.1) is 11.3 Å². The number of halogens is 3. The van der Waals surface area contributed by atoms with E-state index in [2.05, 4.69) is 4.98 Å². The Labute approximate surface area is 118 Å². The summed E-state index contributed by atoms with van der Waals surface area (Å²) in [6, 6.07) is 6.97. The average molecular weight is 302 g/mol. The minimum Gasteiger partial charge on any atom is -0.383 e. The number of benzene rings is 1. The molecule has 7 heteroatoms. The molecule has 0 spiro atoms. The van der Waals surface area contributed by atoms with Crippen LogP contribution in [0.4, 0.5) is 18.9 Å². The number of aliphatic hydroxyl groups is 1. The van der Waals surface area contributed by atoms with E-state index in [1.165, 1.54) is 0 Å². The second-order valence-corrected chi connectivity index (χ2v) is 5.52. The second-order valence-electron chi connectivity index (χ2n) is 4.45. The molecule has 1 heterocycles. The number of alkyl halides is 3. The molecule has 1 aromatic heterocycles. The van der Waals surface area contributed by atoms with E-state index < -0.39 is 17.3 Å². The third-order valence-electron chi connectivity index (χ3n) is 2.76. The van der Waals surface area contributed by atoms with Crippen LogP contribution in [-0.4, -0.2) is 24.2 Å². The molecule has 0 aliphatic carbocycles. The van der Waals surface area contributed by atoms with E-state index >= 15 is 0 Å². The molecule has 0 bridgehead atoms. The highest BCUT2D eigenvalue weighted by molar-refractivity contribution is 7.11. The van der Waals surface area contributed by atoms with Gasteiger partial charge in [0.05, 0.1) is 4.88 Å². The lowest BCUT2D eigenvalue weighted by molar-refractivity contribution is -0.137. The zero-order chi connectivity index (χ0) is 14.9. The Bertz CT molecular complexity index is 578. The summed E-state index contributed by atoms with van der Waals surface area (Å²) in [5.74, 6) is 0. The van der Waals surface area contributed by atoms with E-state index in [0.29, 0.717) is 16.9 Å². The first-order valence-corrected chi connectivity index (χ1v) is 6.59. The first-order chi connectivity index (χ1) is 9.29. The van der Waals surface area contributed by atoms with Crippen LogP contribution in [0.5, 0.6) is 0 Å². The van der Waals surface area contributed by atoms with Gasteiger partial charge in [0.15, 0.2) is 5.01 Å². The number of hydrogen-bond donors (Lipinski definition) is 1. The van der Waals surface area contributed by atoms with Gasteiger partial charge in [-0.1, -0.05) is 12.1 Å². The summed E-state index contributed by atoms with van der Waals surface area (Å²) in [5.41, 5.74) is 1.48. The van der Waals surface area contributed by atoms with Crippen LogP contribution < -0.4 is 4.90 Å². The van der Waals surface area contributed by atoms with Crippen LogP contribution in [0.3, 0.4) is 0 Å². The molecule has 0 fully saturated rings. The normalized spacial score (nSPS) is 13.3. The van der Waals surface area contributed by atoms with Crippen LogP contribution in [0.25, 0.3) is 0 Å². The summed E-state index contributed by atoms with van der Waals surface area (Å²) in [6.07, 6.45) is -4.50. The predicted molar refractivity (Wildman–Crippen MR) is 71.9 cm³/mol. The standard InChI is InChI=1S/C13H13F3N2OS/c1-18(2)9-5-3-8(4-6-9)11(19)10-7-17-12(20-10)13(14,15)16/h3-7,11,19H,1-2H3. The maximum atomic E-state index is 12.5. The van der Waals surface area contributed by atoms with Crippen molar-refractivity contribution >= 4 is 17.0 Å². The molecule has 1 aromatic carbocycles. The highest BCUT2D eigenvalue weighted by atomic mass is 32.1. The molecule has 2 aromatic rings. The molecule has 108 valence electrons. The van der Waals surface area contributed by atoms with E-state index in [4.69, 9.17) is 0 Å². The Kier molecular flexibility index (Phi) is 4.01. The Morgan fingerprint density at radius 2 is 1.80 bits per heavy atom. The lowest BCUT2D eigenvalue weighted by Crippen LogP contribution is -2.08. The molecule has 0 radical (unpaired) electrons. The number of aromatic nitrogens is 1. The molecular formula is C13H13F3N2OS. The summed E-state index contributed by atoms with van der Waals surface area (Å²) >= 11 is 0.457. The maximum absolute atomic E-state index is 12.5. The third kappa shape index (κ3) is 3.10. The quantitative estimate of drug-likeness (QED) is 0.945. The summed E-state index contributed by atoms with van der Waals surface area (Å²) in [7, 11) is 3.76. The van der Waals surface area contributed by atoms with Gasteiger partial charge in [-0.2, -0.15) is 13.2 Å². The van der Waals surface area contributed by atoms with Crippen molar-refractivity contribution in [2.75, 3.05) is 19.0 Å². The van der Waals surface area contributed by atoms with Crippen LogP contribution in [0.2, 0.25) is 0 Å². The molecule has 2 rings (SSSR count). The van der Waals surface area contributed by atoms with Crippen molar-refractivity contribution in [3.8, 4) is 0 Å². The minimum atomic E-state index is -4.47. The fourth-order valence-corrected chi connectivity index (χ4v) is 2.46. The molecule has 0 saturated heterocycles. The van der Waals surface area contributed by atoms with E-state index in [-0.39, 0.29) is 4.88 Å². The number of hydrogen-bond acceptors (Lipinski definition) is 4. The van der Waals surface area contributed by atoms with Gasteiger partial charge >= 0.3 is 6.18 Å². The van der Waals surface area contributed by atoms with Crippen LogP contribution in [0.15, 0.2) is 30.5 Å². The lowest BCUT2D eigenvalue weighted by atomic mass is 10.1. The zero-order valence-corrected chi connectivity index (χ0v) is 11.7. The number of anilines is 1. The van der Waals surface area contributed by atoms with E-state index in [9.17, 15) is 18.3 Å². The van der Waals surface area contributed by atoms with Gasteiger partial charge in [-0.3, -0.25) is 0 Å². The van der Waals surface area contributed by atoms with Crippen molar-refractivity contribution in [3.05, 3.63) is 45.9 Å². The second kappa shape index (κ2) is 5.41. The van der Waals surface area contributed by atoms with E-state index in [0.717, 1.165) is 11.9 Å². The van der Waals surface area contributed by atoms with Gasteiger partial charge in [0.1, 0.15) is 6.10 Å². The van der Waals surface area contributed by atoms with E-state index in [1.54, 1.807) is 24.3 Å². The first kappa shape index (κ1) is 14.8. The average Bonchev–Trinajstić information content (AvgIpc) is 2.87. The molecule has 0 aliphatic rings.